The lowest BCUT2D eigenvalue weighted by molar-refractivity contribution is 0.0949. The summed E-state index contributed by atoms with van der Waals surface area (Å²) in [7, 11) is 2.17. The van der Waals surface area contributed by atoms with Crippen LogP contribution >= 0.6 is 0 Å². The van der Waals surface area contributed by atoms with Crippen molar-refractivity contribution in [3.8, 4) is 22.5 Å². The molecule has 3 aromatic rings. The van der Waals surface area contributed by atoms with E-state index < -0.39 is 0 Å². The van der Waals surface area contributed by atoms with Crippen molar-refractivity contribution in [1.82, 2.24) is 20.4 Å². The van der Waals surface area contributed by atoms with Crippen LogP contribution < -0.4 is 10.2 Å². The van der Waals surface area contributed by atoms with Gasteiger partial charge in [-0.05, 0) is 48.9 Å². The standard InChI is InChI=1S/C25H31N5O/c1-18(2)17-26-25(31)21-6-4-5-20(15-21)24-16-23(27-28-24)19-7-9-22(10-8-19)30-13-11-29(3)12-14-30/h4-10,15-16,18H,11-14,17H2,1-3H3,(H,26,31)(H,27,28). The Morgan fingerprint density at radius 2 is 1.77 bits per heavy atom. The molecule has 6 nitrogen and oxygen atoms in total. The molecule has 1 saturated heterocycles. The number of aromatic nitrogens is 2. The largest absolute Gasteiger partial charge is 0.369 e. The number of hydrogen-bond donors (Lipinski definition) is 2. The number of carbonyl (C=O) groups is 1. The maximum absolute atomic E-state index is 12.4. The highest BCUT2D eigenvalue weighted by atomic mass is 16.1. The van der Waals surface area contributed by atoms with Gasteiger partial charge in [0.25, 0.3) is 5.91 Å². The fourth-order valence-corrected chi connectivity index (χ4v) is 3.75. The van der Waals surface area contributed by atoms with Gasteiger partial charge in [-0.3, -0.25) is 9.89 Å². The van der Waals surface area contributed by atoms with Gasteiger partial charge in [0.05, 0.1) is 11.4 Å². The highest BCUT2D eigenvalue weighted by molar-refractivity contribution is 5.95. The van der Waals surface area contributed by atoms with Gasteiger partial charge in [-0.1, -0.05) is 38.1 Å². The molecular weight excluding hydrogens is 386 g/mol. The van der Waals surface area contributed by atoms with E-state index in [2.05, 4.69) is 70.5 Å². The van der Waals surface area contributed by atoms with Crippen molar-refractivity contribution in [2.45, 2.75) is 13.8 Å². The van der Waals surface area contributed by atoms with Crippen LogP contribution in [0, 0.1) is 5.92 Å². The number of nitrogens with one attached hydrogen (secondary N) is 2. The molecule has 1 fully saturated rings. The molecule has 1 aliphatic heterocycles. The first kappa shape index (κ1) is 21.1. The molecule has 0 bridgehead atoms. The molecule has 4 rings (SSSR count). The second kappa shape index (κ2) is 9.35. The molecule has 2 aromatic carbocycles. The van der Waals surface area contributed by atoms with Crippen LogP contribution in [0.3, 0.4) is 0 Å². The second-order valence-corrected chi connectivity index (χ2v) is 8.69. The first-order valence-corrected chi connectivity index (χ1v) is 11.0. The number of carbonyl (C=O) groups excluding carboxylic acids is 1. The topological polar surface area (TPSA) is 64.3 Å². The minimum atomic E-state index is -0.0502. The fourth-order valence-electron chi connectivity index (χ4n) is 3.75. The molecule has 1 amide bonds. The zero-order valence-electron chi connectivity index (χ0n) is 18.6. The zero-order chi connectivity index (χ0) is 21.8. The molecule has 0 saturated carbocycles. The number of piperazine rings is 1. The van der Waals surface area contributed by atoms with E-state index in [4.69, 9.17) is 0 Å². The van der Waals surface area contributed by atoms with Crippen LogP contribution in [-0.2, 0) is 0 Å². The van der Waals surface area contributed by atoms with E-state index in [1.54, 1.807) is 0 Å². The third-order valence-corrected chi connectivity index (χ3v) is 5.72. The van der Waals surface area contributed by atoms with Crippen molar-refractivity contribution in [1.29, 1.82) is 0 Å². The summed E-state index contributed by atoms with van der Waals surface area (Å²) in [5, 5.41) is 10.6. The summed E-state index contributed by atoms with van der Waals surface area (Å²) in [5.74, 6) is 0.370. The van der Waals surface area contributed by atoms with Crippen LogP contribution in [0.15, 0.2) is 54.6 Å². The molecular formula is C25H31N5O. The highest BCUT2D eigenvalue weighted by Gasteiger charge is 2.15. The Labute approximate surface area is 184 Å². The van der Waals surface area contributed by atoms with Gasteiger partial charge in [0.1, 0.15) is 0 Å². The van der Waals surface area contributed by atoms with Gasteiger partial charge < -0.3 is 15.1 Å². The third-order valence-electron chi connectivity index (χ3n) is 5.72. The molecule has 0 radical (unpaired) electrons. The minimum Gasteiger partial charge on any atom is -0.369 e. The summed E-state index contributed by atoms with van der Waals surface area (Å²) in [6.45, 7) is 9.15. The summed E-state index contributed by atoms with van der Waals surface area (Å²) in [6.07, 6.45) is 0. The van der Waals surface area contributed by atoms with E-state index in [1.807, 2.05) is 30.3 Å². The van der Waals surface area contributed by atoms with Gasteiger partial charge in [-0.25, -0.2) is 0 Å². The van der Waals surface area contributed by atoms with Crippen molar-refractivity contribution >= 4 is 11.6 Å². The number of likely N-dealkylation sites (N-methyl/N-ethyl adjacent to an activating group) is 1. The summed E-state index contributed by atoms with van der Waals surface area (Å²) in [5.41, 5.74) is 5.73. The second-order valence-electron chi connectivity index (χ2n) is 8.69. The third kappa shape index (κ3) is 5.14. The normalized spacial score (nSPS) is 14.8. The van der Waals surface area contributed by atoms with Gasteiger partial charge in [-0.15, -0.1) is 0 Å². The molecule has 1 aromatic heterocycles. The quantitative estimate of drug-likeness (QED) is 0.639. The molecule has 0 atom stereocenters. The number of benzene rings is 2. The number of amides is 1. The molecule has 0 aliphatic carbocycles. The minimum absolute atomic E-state index is 0.0502. The molecule has 162 valence electrons. The van der Waals surface area contributed by atoms with E-state index in [9.17, 15) is 4.79 Å². The lowest BCUT2D eigenvalue weighted by Gasteiger charge is -2.34. The van der Waals surface area contributed by atoms with Gasteiger partial charge in [0.2, 0.25) is 0 Å². The van der Waals surface area contributed by atoms with Gasteiger partial charge in [-0.2, -0.15) is 5.10 Å². The predicted molar refractivity (Wildman–Crippen MR) is 126 cm³/mol. The number of H-pyrrole nitrogens is 1. The smallest absolute Gasteiger partial charge is 0.251 e. The summed E-state index contributed by atoms with van der Waals surface area (Å²) >= 11 is 0. The number of hydrogen-bond acceptors (Lipinski definition) is 4. The van der Waals surface area contributed by atoms with Crippen molar-refractivity contribution < 1.29 is 4.79 Å². The predicted octanol–water partition coefficient (Wildman–Crippen LogP) is 3.88. The van der Waals surface area contributed by atoms with Crippen LogP contribution in [0.4, 0.5) is 5.69 Å². The van der Waals surface area contributed by atoms with Crippen LogP contribution in [0.1, 0.15) is 24.2 Å². The van der Waals surface area contributed by atoms with E-state index in [0.717, 1.165) is 48.7 Å². The van der Waals surface area contributed by atoms with E-state index >= 15 is 0 Å². The number of anilines is 1. The van der Waals surface area contributed by atoms with Crippen LogP contribution in [0.2, 0.25) is 0 Å². The van der Waals surface area contributed by atoms with Gasteiger partial charge in [0, 0.05) is 49.5 Å². The average molecular weight is 418 g/mol. The molecule has 2 N–H and O–H groups in total. The number of rotatable bonds is 6. The Morgan fingerprint density at radius 1 is 1.03 bits per heavy atom. The number of aromatic amines is 1. The number of nitrogens with zero attached hydrogens (tertiary/aromatic N) is 3. The Hall–Kier alpha value is -3.12. The first-order valence-electron chi connectivity index (χ1n) is 11.0. The lowest BCUT2D eigenvalue weighted by Crippen LogP contribution is -2.44. The average Bonchev–Trinajstić information content (AvgIpc) is 3.28. The molecule has 0 unspecified atom stereocenters. The van der Waals surface area contributed by atoms with Crippen molar-refractivity contribution in [3.63, 3.8) is 0 Å². The first-order chi connectivity index (χ1) is 15.0. The molecule has 31 heavy (non-hydrogen) atoms. The summed E-state index contributed by atoms with van der Waals surface area (Å²) in [4.78, 5) is 17.2. The zero-order valence-corrected chi connectivity index (χ0v) is 18.6. The maximum atomic E-state index is 12.4. The van der Waals surface area contributed by atoms with Crippen LogP contribution in [0.25, 0.3) is 22.5 Å². The van der Waals surface area contributed by atoms with Crippen molar-refractivity contribution in [3.05, 3.63) is 60.2 Å². The van der Waals surface area contributed by atoms with Crippen molar-refractivity contribution in [2.24, 2.45) is 5.92 Å². The SMILES string of the molecule is CC(C)CNC(=O)c1cccc(-c2cc(-c3ccc(N4CCN(C)CC4)cc3)[nH]n2)c1. The van der Waals surface area contributed by atoms with Gasteiger partial charge in [0.15, 0.2) is 0 Å². The lowest BCUT2D eigenvalue weighted by atomic mass is 10.1. The molecule has 0 spiro atoms. The molecule has 1 aliphatic rings. The Morgan fingerprint density at radius 3 is 2.48 bits per heavy atom. The van der Waals surface area contributed by atoms with Gasteiger partial charge >= 0.3 is 0 Å². The van der Waals surface area contributed by atoms with Crippen LogP contribution in [0.5, 0.6) is 0 Å². The van der Waals surface area contributed by atoms with E-state index in [1.165, 1.54) is 5.69 Å². The Bertz CT molecular complexity index is 1020. The van der Waals surface area contributed by atoms with Crippen molar-refractivity contribution in [2.75, 3.05) is 44.7 Å². The summed E-state index contributed by atoms with van der Waals surface area (Å²) in [6, 6.07) is 18.3. The Balaban J connectivity index is 1.47. The molecule has 6 heteroatoms. The summed E-state index contributed by atoms with van der Waals surface area (Å²) < 4.78 is 0. The maximum Gasteiger partial charge on any atom is 0.251 e. The molecule has 2 heterocycles. The Kier molecular flexibility index (Phi) is 6.37. The van der Waals surface area contributed by atoms with Crippen LogP contribution in [-0.4, -0.2) is 60.8 Å². The monoisotopic (exact) mass is 417 g/mol. The highest BCUT2D eigenvalue weighted by Crippen LogP contribution is 2.26. The van der Waals surface area contributed by atoms with E-state index in [-0.39, 0.29) is 5.91 Å². The van der Waals surface area contributed by atoms with E-state index in [0.29, 0.717) is 18.0 Å². The fraction of sp³-hybridized carbons (Fsp3) is 0.360.